The highest BCUT2D eigenvalue weighted by Crippen LogP contribution is 2.14. The van der Waals surface area contributed by atoms with Crippen molar-refractivity contribution in [2.45, 2.75) is 18.2 Å². The Morgan fingerprint density at radius 1 is 1.75 bits per heavy atom. The van der Waals surface area contributed by atoms with E-state index in [-0.39, 0.29) is 4.32 Å². The fourth-order valence-electron chi connectivity index (χ4n) is 0.201. The zero-order valence-electron chi connectivity index (χ0n) is 4.90. The van der Waals surface area contributed by atoms with Gasteiger partial charge in [-0.05, 0) is 13.8 Å². The first-order chi connectivity index (χ1) is 3.56. The van der Waals surface area contributed by atoms with Crippen LogP contribution in [0.25, 0.3) is 0 Å². The Bertz CT molecular complexity index is 75.0. The Labute approximate surface area is 57.3 Å². The second-order valence-electron chi connectivity index (χ2n) is 2.09. The molecule has 0 atom stereocenters. The second kappa shape index (κ2) is 3.07. The molecule has 0 aliphatic rings. The minimum absolute atomic E-state index is 0.121. The van der Waals surface area contributed by atoms with Gasteiger partial charge in [-0.15, -0.1) is 0 Å². The maximum atomic E-state index is 9.48. The topological polar surface area (TPSA) is 26.3 Å². The first kappa shape index (κ1) is 7.95. The van der Waals surface area contributed by atoms with Gasteiger partial charge >= 0.3 is 6.47 Å². The van der Waals surface area contributed by atoms with E-state index in [9.17, 15) is 4.79 Å². The van der Waals surface area contributed by atoms with Gasteiger partial charge in [0.2, 0.25) is 0 Å². The van der Waals surface area contributed by atoms with Gasteiger partial charge in [0.1, 0.15) is 6.61 Å². The Kier molecular flexibility index (Phi) is 3.05. The van der Waals surface area contributed by atoms with Crippen LogP contribution in [-0.4, -0.2) is 17.4 Å². The zero-order valence-corrected chi connectivity index (χ0v) is 6.49. The summed E-state index contributed by atoms with van der Waals surface area (Å²) in [4.78, 5) is 9.48. The van der Waals surface area contributed by atoms with Crippen LogP contribution in [0.2, 0.25) is 0 Å². The molecule has 0 aromatic heterocycles. The Morgan fingerprint density at radius 3 is 2.38 bits per heavy atom. The molecule has 0 N–H and O–H groups in total. The minimum Gasteiger partial charge on any atom is -0.456 e. The third-order valence-corrected chi connectivity index (χ3v) is 0.703. The van der Waals surface area contributed by atoms with Crippen molar-refractivity contribution in [1.82, 2.24) is 0 Å². The van der Waals surface area contributed by atoms with Crippen LogP contribution in [0, 0.1) is 0 Å². The van der Waals surface area contributed by atoms with Crippen molar-refractivity contribution in [3.63, 3.8) is 0 Å². The van der Waals surface area contributed by atoms with Crippen LogP contribution in [0.5, 0.6) is 0 Å². The normalized spacial score (nSPS) is 10.9. The fraction of sp³-hybridized carbons (Fsp3) is 0.800. The van der Waals surface area contributed by atoms with Crippen molar-refractivity contribution < 1.29 is 9.53 Å². The van der Waals surface area contributed by atoms with E-state index < -0.39 is 0 Å². The molecule has 3 heteroatoms. The number of halogens is 1. The van der Waals surface area contributed by atoms with Crippen molar-refractivity contribution >= 4 is 22.4 Å². The highest BCUT2D eigenvalue weighted by molar-refractivity contribution is 9.10. The quantitative estimate of drug-likeness (QED) is 0.610. The summed E-state index contributed by atoms with van der Waals surface area (Å²) < 4.78 is 4.22. The molecular weight excluding hydrogens is 172 g/mol. The minimum atomic E-state index is -0.121. The summed E-state index contributed by atoms with van der Waals surface area (Å²) in [7, 11) is 0. The van der Waals surface area contributed by atoms with Gasteiger partial charge in [0.15, 0.2) is 0 Å². The fourth-order valence-corrected chi connectivity index (χ4v) is 0.316. The predicted octanol–water partition coefficient (Wildman–Crippen LogP) is 1.24. The lowest BCUT2D eigenvalue weighted by atomic mass is 10.2. The van der Waals surface area contributed by atoms with E-state index in [1.165, 1.54) is 6.47 Å². The summed E-state index contributed by atoms with van der Waals surface area (Å²) in [6.45, 7) is 5.52. The predicted molar refractivity (Wildman–Crippen MR) is 34.7 cm³/mol. The van der Waals surface area contributed by atoms with E-state index in [4.69, 9.17) is 0 Å². The first-order valence-corrected chi connectivity index (χ1v) is 3.03. The van der Waals surface area contributed by atoms with E-state index in [1.54, 1.807) is 0 Å². The monoisotopic (exact) mass is 179 g/mol. The third-order valence-electron chi connectivity index (χ3n) is 0.474. The van der Waals surface area contributed by atoms with Gasteiger partial charge in [0, 0.05) is 0 Å². The van der Waals surface area contributed by atoms with Crippen LogP contribution >= 0.6 is 15.9 Å². The molecule has 0 bridgehead atoms. The smallest absolute Gasteiger partial charge is 0.417 e. The molecule has 0 unspecified atom stereocenters. The average Bonchev–Trinajstić information content (AvgIpc) is 1.59. The van der Waals surface area contributed by atoms with Crippen LogP contribution in [0.3, 0.4) is 0 Å². The third kappa shape index (κ3) is 5.95. The van der Waals surface area contributed by atoms with Crippen LogP contribution in [0.4, 0.5) is 0 Å². The van der Waals surface area contributed by atoms with E-state index >= 15 is 0 Å². The largest absolute Gasteiger partial charge is 0.456 e. The van der Waals surface area contributed by atoms with E-state index in [2.05, 4.69) is 20.7 Å². The molecule has 0 fully saturated rings. The molecule has 0 aromatic carbocycles. The van der Waals surface area contributed by atoms with Crippen molar-refractivity contribution in [3.05, 3.63) is 0 Å². The lowest BCUT2D eigenvalue weighted by molar-refractivity contribution is 0.257. The molecule has 0 aliphatic heterocycles. The number of alkyl halides is 1. The lowest BCUT2D eigenvalue weighted by Gasteiger charge is -2.12. The van der Waals surface area contributed by atoms with Crippen molar-refractivity contribution in [3.8, 4) is 0 Å². The SMILES string of the molecule is CC(C)(Br)CO[C]=O. The molecule has 0 rings (SSSR count). The Morgan fingerprint density at radius 2 is 2.25 bits per heavy atom. The molecule has 47 valence electrons. The average molecular weight is 180 g/mol. The van der Waals surface area contributed by atoms with Gasteiger partial charge in [0.25, 0.3) is 0 Å². The van der Waals surface area contributed by atoms with Crippen LogP contribution in [-0.2, 0) is 9.53 Å². The number of hydrogen-bond acceptors (Lipinski definition) is 2. The number of carbonyl (C=O) groups excluding carboxylic acids is 1. The maximum absolute atomic E-state index is 9.48. The summed E-state index contributed by atoms with van der Waals surface area (Å²) in [6.07, 6.45) is 0. The Hall–Kier alpha value is -0.0500. The number of hydrogen-bond donors (Lipinski definition) is 0. The molecule has 0 amide bonds. The van der Waals surface area contributed by atoms with Gasteiger partial charge < -0.3 is 4.74 Å². The Balaban J connectivity index is 3.24. The second-order valence-corrected chi connectivity index (χ2v) is 4.24. The molecule has 0 aliphatic carbocycles. The molecule has 0 saturated carbocycles. The van der Waals surface area contributed by atoms with E-state index in [0.29, 0.717) is 6.61 Å². The molecule has 0 heterocycles. The first-order valence-electron chi connectivity index (χ1n) is 2.24. The number of rotatable bonds is 3. The van der Waals surface area contributed by atoms with Gasteiger partial charge in [-0.1, -0.05) is 15.9 Å². The van der Waals surface area contributed by atoms with Crippen LogP contribution < -0.4 is 0 Å². The summed E-state index contributed by atoms with van der Waals surface area (Å²) >= 11 is 3.28. The summed E-state index contributed by atoms with van der Waals surface area (Å²) in [5, 5.41) is 0. The van der Waals surface area contributed by atoms with Crippen molar-refractivity contribution in [2.24, 2.45) is 0 Å². The summed E-state index contributed by atoms with van der Waals surface area (Å²) in [6, 6.07) is 0. The standard InChI is InChI=1S/C5H8BrO2/c1-5(2,6)3-8-4-7/h3H2,1-2H3. The molecule has 8 heavy (non-hydrogen) atoms. The van der Waals surface area contributed by atoms with Gasteiger partial charge in [-0.2, -0.15) is 0 Å². The van der Waals surface area contributed by atoms with E-state index in [1.807, 2.05) is 13.8 Å². The van der Waals surface area contributed by atoms with Crippen molar-refractivity contribution in [1.29, 1.82) is 0 Å². The lowest BCUT2D eigenvalue weighted by Crippen LogP contribution is -2.17. The molecule has 0 spiro atoms. The van der Waals surface area contributed by atoms with E-state index in [0.717, 1.165) is 0 Å². The molecule has 2 nitrogen and oxygen atoms in total. The van der Waals surface area contributed by atoms with Gasteiger partial charge in [0.05, 0.1) is 4.32 Å². The molecule has 1 radical (unpaired) electrons. The molecular formula is C5H8BrO2. The van der Waals surface area contributed by atoms with Gasteiger partial charge in [-0.25, -0.2) is 4.79 Å². The molecule has 0 aromatic rings. The van der Waals surface area contributed by atoms with Gasteiger partial charge in [-0.3, -0.25) is 0 Å². The zero-order chi connectivity index (χ0) is 6.62. The highest BCUT2D eigenvalue weighted by Gasteiger charge is 2.12. The number of ether oxygens (including phenoxy) is 1. The van der Waals surface area contributed by atoms with Crippen LogP contribution in [0.15, 0.2) is 0 Å². The van der Waals surface area contributed by atoms with Crippen molar-refractivity contribution in [2.75, 3.05) is 6.61 Å². The molecule has 0 saturated heterocycles. The van der Waals surface area contributed by atoms with Crippen LogP contribution in [0.1, 0.15) is 13.8 Å². The maximum Gasteiger partial charge on any atom is 0.417 e. The highest BCUT2D eigenvalue weighted by atomic mass is 79.9. The summed E-state index contributed by atoms with van der Waals surface area (Å²) in [5.41, 5.74) is 0. The summed E-state index contributed by atoms with van der Waals surface area (Å²) in [5.74, 6) is 0.